The van der Waals surface area contributed by atoms with Crippen molar-refractivity contribution in [3.63, 3.8) is 0 Å². The zero-order chi connectivity index (χ0) is 11.7. The summed E-state index contributed by atoms with van der Waals surface area (Å²) in [5.41, 5.74) is 1.44. The molecule has 0 radical (unpaired) electrons. The van der Waals surface area contributed by atoms with Crippen LogP contribution in [0.2, 0.25) is 5.15 Å². The number of rotatable bonds is 3. The van der Waals surface area contributed by atoms with E-state index >= 15 is 0 Å². The highest BCUT2D eigenvalue weighted by Gasteiger charge is 2.13. The van der Waals surface area contributed by atoms with Gasteiger partial charge in [0.15, 0.2) is 6.29 Å². The Balaban J connectivity index is 2.71. The summed E-state index contributed by atoms with van der Waals surface area (Å²) in [7, 11) is 1.83. The molecule has 0 amide bonds. The van der Waals surface area contributed by atoms with Gasteiger partial charge in [0.1, 0.15) is 10.9 Å². The van der Waals surface area contributed by atoms with E-state index in [4.69, 9.17) is 16.3 Å². The predicted octanol–water partition coefficient (Wildman–Crippen LogP) is 3.04. The molecular formula is C12H12ClNO2. The standard InChI is InChI=1S/C12H12ClNO2/c1-3-16-8-4-5-11-9(6-8)10(7-15)12(13)14(11)2/h4-7H,3H2,1-2H3. The molecule has 2 rings (SSSR count). The van der Waals surface area contributed by atoms with Crippen molar-refractivity contribution in [3.8, 4) is 5.75 Å². The van der Waals surface area contributed by atoms with Crippen LogP contribution < -0.4 is 4.74 Å². The van der Waals surface area contributed by atoms with E-state index in [1.807, 2.05) is 32.2 Å². The Kier molecular flexibility index (Phi) is 2.88. The van der Waals surface area contributed by atoms with Crippen molar-refractivity contribution in [3.05, 3.63) is 28.9 Å². The van der Waals surface area contributed by atoms with Crippen LogP contribution in [0, 0.1) is 0 Å². The van der Waals surface area contributed by atoms with Gasteiger partial charge in [0.05, 0.1) is 12.2 Å². The zero-order valence-corrected chi connectivity index (χ0v) is 9.91. The van der Waals surface area contributed by atoms with Crippen LogP contribution in [0.1, 0.15) is 17.3 Å². The van der Waals surface area contributed by atoms with Gasteiger partial charge in [0.2, 0.25) is 0 Å². The van der Waals surface area contributed by atoms with Crippen LogP contribution in [0.4, 0.5) is 0 Å². The summed E-state index contributed by atoms with van der Waals surface area (Å²) in [6, 6.07) is 5.62. The van der Waals surface area contributed by atoms with E-state index in [9.17, 15) is 4.79 Å². The predicted molar refractivity (Wildman–Crippen MR) is 64.5 cm³/mol. The fourth-order valence-corrected chi connectivity index (χ4v) is 2.03. The summed E-state index contributed by atoms with van der Waals surface area (Å²) in [5.74, 6) is 0.750. The molecule has 0 atom stereocenters. The number of halogens is 1. The zero-order valence-electron chi connectivity index (χ0n) is 9.16. The second-order valence-corrected chi connectivity index (χ2v) is 3.85. The normalized spacial score (nSPS) is 10.7. The van der Waals surface area contributed by atoms with E-state index in [0.29, 0.717) is 17.3 Å². The van der Waals surface area contributed by atoms with Gasteiger partial charge >= 0.3 is 0 Å². The highest BCUT2D eigenvalue weighted by Crippen LogP contribution is 2.30. The molecule has 2 aromatic rings. The van der Waals surface area contributed by atoms with Crippen LogP contribution in [0.3, 0.4) is 0 Å². The number of nitrogens with zero attached hydrogens (tertiary/aromatic N) is 1. The molecule has 0 fully saturated rings. The average molecular weight is 238 g/mol. The minimum absolute atomic E-state index is 0.457. The third kappa shape index (κ3) is 1.57. The SMILES string of the molecule is CCOc1ccc2c(c1)c(C=O)c(Cl)n2C. The number of aryl methyl sites for hydroxylation is 1. The third-order valence-electron chi connectivity index (χ3n) is 2.57. The smallest absolute Gasteiger partial charge is 0.153 e. The minimum atomic E-state index is 0.457. The molecule has 3 nitrogen and oxygen atoms in total. The Bertz CT molecular complexity index is 545. The molecule has 0 aliphatic rings. The number of ether oxygens (including phenoxy) is 1. The second kappa shape index (κ2) is 4.18. The second-order valence-electron chi connectivity index (χ2n) is 3.49. The maximum Gasteiger partial charge on any atom is 0.153 e. The number of aromatic nitrogens is 1. The van der Waals surface area contributed by atoms with Crippen LogP contribution in [0.15, 0.2) is 18.2 Å². The first kappa shape index (κ1) is 11.0. The number of aldehydes is 1. The fraction of sp³-hybridized carbons (Fsp3) is 0.250. The molecular weight excluding hydrogens is 226 g/mol. The third-order valence-corrected chi connectivity index (χ3v) is 3.02. The molecule has 84 valence electrons. The first-order chi connectivity index (χ1) is 7.69. The lowest BCUT2D eigenvalue weighted by atomic mass is 10.2. The molecule has 0 unspecified atom stereocenters. The Morgan fingerprint density at radius 3 is 2.88 bits per heavy atom. The maximum atomic E-state index is 11.0. The highest BCUT2D eigenvalue weighted by molar-refractivity contribution is 6.34. The molecule has 0 saturated heterocycles. The largest absolute Gasteiger partial charge is 0.494 e. The summed E-state index contributed by atoms with van der Waals surface area (Å²) in [4.78, 5) is 11.0. The van der Waals surface area contributed by atoms with Gasteiger partial charge in [-0.3, -0.25) is 4.79 Å². The van der Waals surface area contributed by atoms with Crippen LogP contribution in [0.5, 0.6) is 5.75 Å². The van der Waals surface area contributed by atoms with E-state index in [2.05, 4.69) is 0 Å². The lowest BCUT2D eigenvalue weighted by Gasteiger charge is -2.03. The Morgan fingerprint density at radius 1 is 1.50 bits per heavy atom. The molecule has 0 aliphatic carbocycles. The molecule has 0 aliphatic heterocycles. The first-order valence-corrected chi connectivity index (χ1v) is 5.42. The molecule has 0 spiro atoms. The molecule has 1 aromatic carbocycles. The lowest BCUT2D eigenvalue weighted by Crippen LogP contribution is -1.91. The van der Waals surface area contributed by atoms with E-state index in [1.54, 1.807) is 4.57 Å². The average Bonchev–Trinajstić information content (AvgIpc) is 2.52. The summed E-state index contributed by atoms with van der Waals surface area (Å²) in [5, 5.41) is 1.28. The van der Waals surface area contributed by atoms with Crippen molar-refractivity contribution < 1.29 is 9.53 Å². The van der Waals surface area contributed by atoms with Crippen LogP contribution >= 0.6 is 11.6 Å². The van der Waals surface area contributed by atoms with Crippen molar-refractivity contribution in [2.45, 2.75) is 6.92 Å². The number of carbonyl (C=O) groups is 1. The minimum Gasteiger partial charge on any atom is -0.494 e. The van der Waals surface area contributed by atoms with Gasteiger partial charge in [-0.15, -0.1) is 0 Å². The van der Waals surface area contributed by atoms with Gasteiger partial charge in [0, 0.05) is 18.0 Å². The quantitative estimate of drug-likeness (QED) is 0.769. The Hall–Kier alpha value is -1.48. The summed E-state index contributed by atoms with van der Waals surface area (Å²) in [6.07, 6.45) is 0.778. The summed E-state index contributed by atoms with van der Waals surface area (Å²) in [6.45, 7) is 2.52. The first-order valence-electron chi connectivity index (χ1n) is 5.05. The number of hydrogen-bond acceptors (Lipinski definition) is 2. The van der Waals surface area contributed by atoms with E-state index < -0.39 is 0 Å². The van der Waals surface area contributed by atoms with E-state index in [-0.39, 0.29) is 0 Å². The fourth-order valence-electron chi connectivity index (χ4n) is 1.79. The maximum absolute atomic E-state index is 11.0. The van der Waals surface area contributed by atoms with Gasteiger partial charge in [0.25, 0.3) is 0 Å². The number of carbonyl (C=O) groups excluding carboxylic acids is 1. The van der Waals surface area contributed by atoms with Crippen molar-refractivity contribution >= 4 is 28.8 Å². The van der Waals surface area contributed by atoms with Gasteiger partial charge in [-0.25, -0.2) is 0 Å². The monoisotopic (exact) mass is 237 g/mol. The molecule has 1 aromatic heterocycles. The summed E-state index contributed by atoms with van der Waals surface area (Å²) >= 11 is 6.06. The van der Waals surface area contributed by atoms with Gasteiger partial charge in [-0.2, -0.15) is 0 Å². The van der Waals surface area contributed by atoms with Crippen molar-refractivity contribution in [1.29, 1.82) is 0 Å². The van der Waals surface area contributed by atoms with Crippen LogP contribution in [-0.4, -0.2) is 17.5 Å². The van der Waals surface area contributed by atoms with Gasteiger partial charge < -0.3 is 9.30 Å². The van der Waals surface area contributed by atoms with Crippen LogP contribution in [-0.2, 0) is 7.05 Å². The van der Waals surface area contributed by atoms with E-state index in [1.165, 1.54) is 0 Å². The van der Waals surface area contributed by atoms with Crippen LogP contribution in [0.25, 0.3) is 10.9 Å². The van der Waals surface area contributed by atoms with Crippen molar-refractivity contribution in [1.82, 2.24) is 4.57 Å². The Labute approximate surface area is 98.6 Å². The molecule has 0 saturated carbocycles. The lowest BCUT2D eigenvalue weighted by molar-refractivity contribution is 0.112. The summed E-state index contributed by atoms with van der Waals surface area (Å²) < 4.78 is 7.18. The number of hydrogen-bond donors (Lipinski definition) is 0. The van der Waals surface area contributed by atoms with Crippen molar-refractivity contribution in [2.75, 3.05) is 6.61 Å². The number of fused-ring (bicyclic) bond motifs is 1. The molecule has 0 N–H and O–H groups in total. The Morgan fingerprint density at radius 2 is 2.25 bits per heavy atom. The number of benzene rings is 1. The van der Waals surface area contributed by atoms with Crippen molar-refractivity contribution in [2.24, 2.45) is 7.05 Å². The molecule has 4 heteroatoms. The molecule has 16 heavy (non-hydrogen) atoms. The highest BCUT2D eigenvalue weighted by atomic mass is 35.5. The van der Waals surface area contributed by atoms with Gasteiger partial charge in [-0.05, 0) is 25.1 Å². The van der Waals surface area contributed by atoms with E-state index in [0.717, 1.165) is 22.9 Å². The molecule has 0 bridgehead atoms. The van der Waals surface area contributed by atoms with Gasteiger partial charge in [-0.1, -0.05) is 11.6 Å². The molecule has 1 heterocycles. The topological polar surface area (TPSA) is 31.2 Å².